The van der Waals surface area contributed by atoms with Gasteiger partial charge in [0.15, 0.2) is 0 Å². The fraction of sp³-hybridized carbons (Fsp3) is 0.368. The van der Waals surface area contributed by atoms with E-state index in [-0.39, 0.29) is 23.9 Å². The van der Waals surface area contributed by atoms with Crippen LogP contribution in [0.15, 0.2) is 47.2 Å². The third-order valence-electron chi connectivity index (χ3n) is 5.09. The lowest BCUT2D eigenvalue weighted by atomic mass is 10.0. The molecule has 24 heavy (non-hydrogen) atoms. The van der Waals surface area contributed by atoms with Gasteiger partial charge in [0.1, 0.15) is 0 Å². The van der Waals surface area contributed by atoms with Gasteiger partial charge in [-0.3, -0.25) is 9.59 Å². The minimum Gasteiger partial charge on any atom is -0.347 e. The number of amides is 2. The van der Waals surface area contributed by atoms with E-state index in [4.69, 9.17) is 0 Å². The van der Waals surface area contributed by atoms with Crippen LogP contribution < -0.4 is 5.32 Å². The third kappa shape index (κ3) is 2.96. The predicted molar refractivity (Wildman–Crippen MR) is 93.9 cm³/mol. The minimum absolute atomic E-state index is 0.0432. The number of nitrogens with zero attached hydrogens (tertiary/aromatic N) is 1. The van der Waals surface area contributed by atoms with Gasteiger partial charge < -0.3 is 10.2 Å². The number of piperidine rings is 1. The van der Waals surface area contributed by atoms with Crippen molar-refractivity contribution < 1.29 is 9.59 Å². The number of fused-ring (bicyclic) bond motifs is 2. The van der Waals surface area contributed by atoms with Crippen LogP contribution in [0, 0.1) is 5.92 Å². The lowest BCUT2D eigenvalue weighted by Crippen LogP contribution is -2.52. The molecule has 1 aliphatic heterocycles. The van der Waals surface area contributed by atoms with E-state index in [0.717, 1.165) is 24.9 Å². The Morgan fingerprint density at radius 1 is 1.17 bits per heavy atom. The molecule has 2 heterocycles. The molecule has 2 fully saturated rings. The van der Waals surface area contributed by atoms with Gasteiger partial charge in [0, 0.05) is 18.2 Å². The molecule has 1 saturated carbocycles. The molecule has 1 saturated heterocycles. The third-order valence-corrected chi connectivity index (χ3v) is 5.82. The van der Waals surface area contributed by atoms with Gasteiger partial charge in [-0.25, -0.2) is 0 Å². The van der Waals surface area contributed by atoms with Crippen molar-refractivity contribution in [2.45, 2.75) is 31.3 Å². The summed E-state index contributed by atoms with van der Waals surface area (Å²) in [5, 5.41) is 7.17. The lowest BCUT2D eigenvalue weighted by molar-refractivity contribution is -0.132. The average Bonchev–Trinajstić information content (AvgIpc) is 3.32. The largest absolute Gasteiger partial charge is 0.347 e. The molecule has 1 aromatic carbocycles. The molecule has 124 valence electrons. The first-order valence-electron chi connectivity index (χ1n) is 8.37. The maximum Gasteiger partial charge on any atom is 0.251 e. The summed E-state index contributed by atoms with van der Waals surface area (Å²) in [6, 6.07) is 11.5. The van der Waals surface area contributed by atoms with Crippen molar-refractivity contribution in [1.82, 2.24) is 10.2 Å². The van der Waals surface area contributed by atoms with Crippen LogP contribution in [0.5, 0.6) is 0 Å². The number of benzene rings is 1. The average molecular weight is 340 g/mol. The number of rotatable bonds is 4. The molecule has 3 atom stereocenters. The van der Waals surface area contributed by atoms with Crippen LogP contribution in [0.25, 0.3) is 0 Å². The highest BCUT2D eigenvalue weighted by atomic mass is 32.1. The van der Waals surface area contributed by atoms with Gasteiger partial charge in [-0.05, 0) is 53.3 Å². The van der Waals surface area contributed by atoms with Crippen LogP contribution in [0.1, 0.15) is 28.8 Å². The van der Waals surface area contributed by atoms with Crippen LogP contribution in [0.3, 0.4) is 0 Å². The first-order chi connectivity index (χ1) is 11.7. The Kier molecular flexibility index (Phi) is 4.10. The predicted octanol–water partition coefficient (Wildman–Crippen LogP) is 2.71. The molecule has 4 rings (SSSR count). The van der Waals surface area contributed by atoms with Crippen LogP contribution >= 0.6 is 11.3 Å². The number of thiophene rings is 1. The van der Waals surface area contributed by atoms with E-state index >= 15 is 0 Å². The number of likely N-dealkylation sites (tertiary alicyclic amines) is 1. The van der Waals surface area contributed by atoms with Gasteiger partial charge in [0.2, 0.25) is 5.91 Å². The van der Waals surface area contributed by atoms with E-state index < -0.39 is 0 Å². The topological polar surface area (TPSA) is 49.4 Å². The second-order valence-corrected chi connectivity index (χ2v) is 7.49. The summed E-state index contributed by atoms with van der Waals surface area (Å²) < 4.78 is 0. The highest BCUT2D eigenvalue weighted by Gasteiger charge is 2.47. The van der Waals surface area contributed by atoms with Gasteiger partial charge in [0.25, 0.3) is 5.91 Å². The molecular formula is C19H20N2O2S. The SMILES string of the molecule is O=C(NC1CC2CC1N(C(=O)Cc1ccsc1)C2)c1ccccc1. The Bertz CT molecular complexity index is 729. The highest BCUT2D eigenvalue weighted by molar-refractivity contribution is 7.08. The Labute approximate surface area is 145 Å². The Morgan fingerprint density at radius 3 is 2.71 bits per heavy atom. The molecule has 4 nitrogen and oxygen atoms in total. The fourth-order valence-electron chi connectivity index (χ4n) is 3.98. The number of carbonyl (C=O) groups is 2. The number of hydrogen-bond donors (Lipinski definition) is 1. The summed E-state index contributed by atoms with van der Waals surface area (Å²) in [6.07, 6.45) is 2.45. The van der Waals surface area contributed by atoms with Gasteiger partial charge >= 0.3 is 0 Å². The molecule has 3 unspecified atom stereocenters. The van der Waals surface area contributed by atoms with Crippen molar-refractivity contribution in [3.8, 4) is 0 Å². The van der Waals surface area contributed by atoms with E-state index in [0.29, 0.717) is 17.9 Å². The van der Waals surface area contributed by atoms with Gasteiger partial charge in [-0.2, -0.15) is 11.3 Å². The van der Waals surface area contributed by atoms with Crippen molar-refractivity contribution in [2.24, 2.45) is 5.92 Å². The minimum atomic E-state index is -0.0432. The van der Waals surface area contributed by atoms with Gasteiger partial charge in [0.05, 0.1) is 12.5 Å². The Hall–Kier alpha value is -2.14. The molecule has 1 aliphatic carbocycles. The van der Waals surface area contributed by atoms with Gasteiger partial charge in [-0.15, -0.1) is 0 Å². The summed E-state index contributed by atoms with van der Waals surface area (Å²) in [7, 11) is 0. The summed E-state index contributed by atoms with van der Waals surface area (Å²) in [5.74, 6) is 0.653. The molecule has 2 aliphatic rings. The van der Waals surface area contributed by atoms with E-state index in [9.17, 15) is 9.59 Å². The van der Waals surface area contributed by atoms with Crippen LogP contribution in [-0.2, 0) is 11.2 Å². The summed E-state index contributed by atoms with van der Waals surface area (Å²) in [6.45, 7) is 0.839. The molecule has 1 aromatic heterocycles. The number of carbonyl (C=O) groups excluding carboxylic acids is 2. The van der Waals surface area contributed by atoms with Gasteiger partial charge in [-0.1, -0.05) is 18.2 Å². The van der Waals surface area contributed by atoms with Crippen LogP contribution in [-0.4, -0.2) is 35.3 Å². The van der Waals surface area contributed by atoms with E-state index in [1.54, 1.807) is 11.3 Å². The first-order valence-corrected chi connectivity index (χ1v) is 9.31. The monoisotopic (exact) mass is 340 g/mol. The van der Waals surface area contributed by atoms with Crippen molar-refractivity contribution >= 4 is 23.2 Å². The van der Waals surface area contributed by atoms with E-state index in [1.165, 1.54) is 0 Å². The normalized spacial score (nSPS) is 25.0. The van der Waals surface area contributed by atoms with Crippen molar-refractivity contribution in [3.63, 3.8) is 0 Å². The summed E-state index contributed by atoms with van der Waals surface area (Å²) >= 11 is 1.62. The summed E-state index contributed by atoms with van der Waals surface area (Å²) in [4.78, 5) is 27.0. The quantitative estimate of drug-likeness (QED) is 0.930. The van der Waals surface area contributed by atoms with E-state index in [2.05, 4.69) is 5.32 Å². The molecule has 0 radical (unpaired) electrons. The number of hydrogen-bond acceptors (Lipinski definition) is 3. The second-order valence-electron chi connectivity index (χ2n) is 6.71. The smallest absolute Gasteiger partial charge is 0.251 e. The molecular weight excluding hydrogens is 320 g/mol. The molecule has 5 heteroatoms. The van der Waals surface area contributed by atoms with Crippen molar-refractivity contribution in [3.05, 3.63) is 58.3 Å². The lowest BCUT2D eigenvalue weighted by Gasteiger charge is -2.33. The summed E-state index contributed by atoms with van der Waals surface area (Å²) in [5.41, 5.74) is 1.76. The first kappa shape index (κ1) is 15.4. The number of nitrogens with one attached hydrogen (secondary N) is 1. The molecule has 1 N–H and O–H groups in total. The van der Waals surface area contributed by atoms with E-state index in [1.807, 2.05) is 52.1 Å². The molecule has 2 bridgehead atoms. The maximum absolute atomic E-state index is 12.6. The van der Waals surface area contributed by atoms with Crippen LogP contribution in [0.2, 0.25) is 0 Å². The second kappa shape index (κ2) is 6.40. The van der Waals surface area contributed by atoms with Crippen molar-refractivity contribution in [2.75, 3.05) is 6.54 Å². The molecule has 0 spiro atoms. The van der Waals surface area contributed by atoms with Crippen LogP contribution in [0.4, 0.5) is 0 Å². The molecule has 2 aromatic rings. The Morgan fingerprint density at radius 2 is 2.00 bits per heavy atom. The zero-order valence-electron chi connectivity index (χ0n) is 13.4. The standard InChI is InChI=1S/C19H20N2O2S/c22-18(10-13-6-7-24-12-13)21-11-14-8-16(17(21)9-14)20-19(23)15-4-2-1-3-5-15/h1-7,12,14,16-17H,8-11H2,(H,20,23). The molecule has 2 amide bonds. The maximum atomic E-state index is 12.6. The Balaban J connectivity index is 1.41. The zero-order chi connectivity index (χ0) is 16.5. The fourth-order valence-corrected chi connectivity index (χ4v) is 4.65. The highest BCUT2D eigenvalue weighted by Crippen LogP contribution is 2.38. The van der Waals surface area contributed by atoms with Crippen molar-refractivity contribution in [1.29, 1.82) is 0 Å². The zero-order valence-corrected chi connectivity index (χ0v) is 14.2.